The zero-order chi connectivity index (χ0) is 16.8. The largest absolute Gasteiger partial charge is 0.381 e. The molecule has 0 fully saturated rings. The minimum atomic E-state index is 0.591. The topological polar surface area (TPSA) is 69.4 Å². The van der Waals surface area contributed by atoms with Gasteiger partial charge in [0.2, 0.25) is 0 Å². The van der Waals surface area contributed by atoms with Gasteiger partial charge in [0.15, 0.2) is 5.96 Å². The molecule has 1 aromatic carbocycles. The highest BCUT2D eigenvalue weighted by molar-refractivity contribution is 5.79. The number of nitriles is 1. The molecule has 0 heterocycles. The number of hydrogen-bond acceptors (Lipinski definition) is 3. The summed E-state index contributed by atoms with van der Waals surface area (Å²) in [7, 11) is 0. The summed E-state index contributed by atoms with van der Waals surface area (Å²) < 4.78 is 5.54. The highest BCUT2D eigenvalue weighted by atomic mass is 16.5. The van der Waals surface area contributed by atoms with Gasteiger partial charge in [-0.2, -0.15) is 5.26 Å². The van der Waals surface area contributed by atoms with Gasteiger partial charge in [-0.3, -0.25) is 0 Å². The van der Waals surface area contributed by atoms with Crippen LogP contribution >= 0.6 is 0 Å². The second-order valence-corrected chi connectivity index (χ2v) is 5.25. The fraction of sp³-hybridized carbons (Fsp3) is 0.556. The summed E-state index contributed by atoms with van der Waals surface area (Å²) in [6.07, 6.45) is 3.26. The molecular formula is C18H28N4O. The van der Waals surface area contributed by atoms with Crippen LogP contribution in [0, 0.1) is 11.3 Å². The van der Waals surface area contributed by atoms with Gasteiger partial charge in [-0.15, -0.1) is 0 Å². The third-order valence-corrected chi connectivity index (χ3v) is 3.25. The molecule has 0 aliphatic rings. The van der Waals surface area contributed by atoms with E-state index in [4.69, 9.17) is 10.00 Å². The molecule has 0 bridgehead atoms. The third-order valence-electron chi connectivity index (χ3n) is 3.25. The lowest BCUT2D eigenvalue weighted by atomic mass is 10.1. The third kappa shape index (κ3) is 8.84. The average Bonchev–Trinajstić information content (AvgIpc) is 2.59. The molecule has 0 spiro atoms. The van der Waals surface area contributed by atoms with E-state index >= 15 is 0 Å². The number of nitrogens with one attached hydrogen (secondary N) is 2. The molecule has 2 N–H and O–H groups in total. The Kier molecular flexibility index (Phi) is 10.3. The van der Waals surface area contributed by atoms with E-state index in [1.165, 1.54) is 6.42 Å². The Morgan fingerprint density at radius 2 is 1.87 bits per heavy atom. The zero-order valence-electron chi connectivity index (χ0n) is 14.3. The first-order chi connectivity index (χ1) is 11.3. The fourth-order valence-corrected chi connectivity index (χ4v) is 1.93. The van der Waals surface area contributed by atoms with Crippen LogP contribution in [0.1, 0.15) is 44.2 Å². The van der Waals surface area contributed by atoms with E-state index in [2.05, 4.69) is 28.6 Å². The lowest BCUT2D eigenvalue weighted by Crippen LogP contribution is -2.38. The SMILES string of the molecule is CCCCOCCCNC(=NCc1ccc(C#N)cc1)NCC. The zero-order valence-corrected chi connectivity index (χ0v) is 14.3. The molecular weight excluding hydrogens is 288 g/mol. The Morgan fingerprint density at radius 3 is 2.52 bits per heavy atom. The van der Waals surface area contributed by atoms with Crippen LogP contribution < -0.4 is 10.6 Å². The highest BCUT2D eigenvalue weighted by Crippen LogP contribution is 2.04. The molecule has 5 nitrogen and oxygen atoms in total. The first-order valence-corrected chi connectivity index (χ1v) is 8.39. The maximum atomic E-state index is 8.80. The van der Waals surface area contributed by atoms with Crippen molar-refractivity contribution in [2.45, 2.75) is 39.7 Å². The number of nitrogens with zero attached hydrogens (tertiary/aromatic N) is 2. The minimum Gasteiger partial charge on any atom is -0.381 e. The minimum absolute atomic E-state index is 0.591. The second kappa shape index (κ2) is 12.5. The van der Waals surface area contributed by atoms with Gasteiger partial charge < -0.3 is 15.4 Å². The highest BCUT2D eigenvalue weighted by Gasteiger charge is 1.98. The Labute approximate surface area is 139 Å². The number of rotatable bonds is 10. The molecule has 1 aromatic rings. The molecule has 0 atom stereocenters. The molecule has 0 aromatic heterocycles. The molecule has 0 aliphatic heterocycles. The molecule has 1 rings (SSSR count). The average molecular weight is 316 g/mol. The maximum Gasteiger partial charge on any atom is 0.191 e. The van der Waals surface area contributed by atoms with E-state index in [0.717, 1.165) is 50.7 Å². The Balaban J connectivity index is 2.33. The van der Waals surface area contributed by atoms with E-state index in [0.29, 0.717) is 12.1 Å². The van der Waals surface area contributed by atoms with Gasteiger partial charge in [0.25, 0.3) is 0 Å². The molecule has 5 heteroatoms. The van der Waals surface area contributed by atoms with Crippen molar-refractivity contribution in [2.24, 2.45) is 4.99 Å². The fourth-order valence-electron chi connectivity index (χ4n) is 1.93. The summed E-state index contributed by atoms with van der Waals surface area (Å²) in [5.41, 5.74) is 1.76. The van der Waals surface area contributed by atoms with Crippen LogP contribution in [0.4, 0.5) is 0 Å². The van der Waals surface area contributed by atoms with E-state index in [9.17, 15) is 0 Å². The number of guanidine groups is 1. The van der Waals surface area contributed by atoms with Gasteiger partial charge >= 0.3 is 0 Å². The van der Waals surface area contributed by atoms with Crippen LogP contribution in [0.3, 0.4) is 0 Å². The summed E-state index contributed by atoms with van der Waals surface area (Å²) >= 11 is 0. The van der Waals surface area contributed by atoms with Crippen molar-refractivity contribution in [2.75, 3.05) is 26.3 Å². The van der Waals surface area contributed by atoms with Crippen LogP contribution in [0.2, 0.25) is 0 Å². The number of aliphatic imine (C=N–C) groups is 1. The van der Waals surface area contributed by atoms with Crippen LogP contribution in [-0.4, -0.2) is 32.3 Å². The maximum absolute atomic E-state index is 8.80. The number of benzene rings is 1. The van der Waals surface area contributed by atoms with E-state index < -0.39 is 0 Å². The smallest absolute Gasteiger partial charge is 0.191 e. The van der Waals surface area contributed by atoms with Crippen molar-refractivity contribution in [3.05, 3.63) is 35.4 Å². The van der Waals surface area contributed by atoms with Gasteiger partial charge in [-0.1, -0.05) is 25.5 Å². The molecule has 23 heavy (non-hydrogen) atoms. The Bertz CT molecular complexity index is 491. The number of unbranched alkanes of at least 4 members (excludes halogenated alkanes) is 1. The second-order valence-electron chi connectivity index (χ2n) is 5.25. The predicted octanol–water partition coefficient (Wildman–Crippen LogP) is 2.82. The molecule has 126 valence electrons. The normalized spacial score (nSPS) is 11.1. The number of hydrogen-bond donors (Lipinski definition) is 2. The summed E-state index contributed by atoms with van der Waals surface area (Å²) in [5, 5.41) is 15.3. The summed E-state index contributed by atoms with van der Waals surface area (Å²) in [5.74, 6) is 0.811. The standard InChI is InChI=1S/C18H28N4O/c1-3-5-12-23-13-6-11-21-18(20-4-2)22-15-17-9-7-16(14-19)8-10-17/h7-10H,3-6,11-13,15H2,1-2H3,(H2,20,21,22). The van der Waals surface area contributed by atoms with Gasteiger partial charge in [0.05, 0.1) is 18.2 Å². The van der Waals surface area contributed by atoms with Gasteiger partial charge in [0, 0.05) is 26.3 Å². The van der Waals surface area contributed by atoms with Gasteiger partial charge in [-0.25, -0.2) is 4.99 Å². The lowest BCUT2D eigenvalue weighted by Gasteiger charge is -2.11. The van der Waals surface area contributed by atoms with Crippen molar-refractivity contribution in [1.82, 2.24) is 10.6 Å². The first-order valence-electron chi connectivity index (χ1n) is 8.39. The monoisotopic (exact) mass is 316 g/mol. The molecule has 0 amide bonds. The van der Waals surface area contributed by atoms with Crippen LogP contribution in [0.25, 0.3) is 0 Å². The first kappa shape index (κ1) is 19.0. The van der Waals surface area contributed by atoms with Crippen molar-refractivity contribution in [3.8, 4) is 6.07 Å². The molecule has 0 saturated heterocycles. The lowest BCUT2D eigenvalue weighted by molar-refractivity contribution is 0.129. The summed E-state index contributed by atoms with van der Waals surface area (Å²) in [6.45, 7) is 8.10. The van der Waals surface area contributed by atoms with Gasteiger partial charge in [-0.05, 0) is 37.5 Å². The van der Waals surface area contributed by atoms with E-state index in [1.807, 2.05) is 31.2 Å². The molecule has 0 saturated carbocycles. The molecule has 0 radical (unpaired) electrons. The quantitative estimate of drug-likeness (QED) is 0.396. The van der Waals surface area contributed by atoms with Crippen molar-refractivity contribution in [1.29, 1.82) is 5.26 Å². The van der Waals surface area contributed by atoms with Crippen LogP contribution in [0.5, 0.6) is 0 Å². The summed E-state index contributed by atoms with van der Waals surface area (Å²) in [4.78, 5) is 4.56. The predicted molar refractivity (Wildman–Crippen MR) is 94.3 cm³/mol. The molecule has 0 aliphatic carbocycles. The van der Waals surface area contributed by atoms with E-state index in [-0.39, 0.29) is 0 Å². The van der Waals surface area contributed by atoms with Crippen molar-refractivity contribution >= 4 is 5.96 Å². The van der Waals surface area contributed by atoms with E-state index in [1.54, 1.807) is 0 Å². The number of ether oxygens (including phenoxy) is 1. The van der Waals surface area contributed by atoms with Gasteiger partial charge in [0.1, 0.15) is 0 Å². The van der Waals surface area contributed by atoms with Crippen molar-refractivity contribution in [3.63, 3.8) is 0 Å². The van der Waals surface area contributed by atoms with Crippen LogP contribution in [-0.2, 0) is 11.3 Å². The molecule has 0 unspecified atom stereocenters. The summed E-state index contributed by atoms with van der Waals surface area (Å²) in [6, 6.07) is 9.63. The van der Waals surface area contributed by atoms with Crippen LogP contribution in [0.15, 0.2) is 29.3 Å². The Morgan fingerprint density at radius 1 is 1.13 bits per heavy atom. The van der Waals surface area contributed by atoms with Crippen molar-refractivity contribution < 1.29 is 4.74 Å². The Hall–Kier alpha value is -2.06.